The fraction of sp³-hybridized carbons (Fsp3) is 0.292. The van der Waals surface area contributed by atoms with Crippen LogP contribution < -0.4 is 20.9 Å². The normalized spacial score (nSPS) is 11.7. The van der Waals surface area contributed by atoms with Gasteiger partial charge in [-0.05, 0) is 17.7 Å². The van der Waals surface area contributed by atoms with Crippen molar-refractivity contribution < 1.29 is 49.8 Å². The number of carboxylic acids is 1. The molecule has 0 spiro atoms. The monoisotopic (exact) mass is 655 g/mol. The molecule has 0 unspecified atom stereocenters. The van der Waals surface area contributed by atoms with Gasteiger partial charge in [-0.1, -0.05) is 36.7 Å². The number of nitrogens with one attached hydrogen (secondary N) is 2. The van der Waals surface area contributed by atoms with E-state index in [0.29, 0.717) is 5.56 Å². The predicted octanol–water partition coefficient (Wildman–Crippen LogP) is 2.48. The van der Waals surface area contributed by atoms with Crippen LogP contribution in [0.25, 0.3) is 0 Å². The molecule has 1 amide bonds. The molecule has 0 aliphatic rings. The van der Waals surface area contributed by atoms with Crippen LogP contribution in [0.2, 0.25) is 5.15 Å². The predicted molar refractivity (Wildman–Crippen MR) is 141 cm³/mol. The number of carbonyl (C=O) groups is 2. The summed E-state index contributed by atoms with van der Waals surface area (Å²) >= 11 is 5.99. The van der Waals surface area contributed by atoms with Crippen LogP contribution in [-0.2, 0) is 38.4 Å². The summed E-state index contributed by atoms with van der Waals surface area (Å²) in [7, 11) is -3.52. The molecule has 0 fully saturated rings. The summed E-state index contributed by atoms with van der Waals surface area (Å²) in [4.78, 5) is 37.9. The van der Waals surface area contributed by atoms with Crippen LogP contribution in [0.1, 0.15) is 18.2 Å². The first-order valence-corrected chi connectivity index (χ1v) is 13.9. The number of rotatable bonds is 10. The number of hydrogen-bond acceptors (Lipinski definition) is 8. The zero-order chi connectivity index (χ0) is 32.6. The molecule has 0 saturated carbocycles. The van der Waals surface area contributed by atoms with Crippen molar-refractivity contribution in [3.63, 3.8) is 0 Å². The van der Waals surface area contributed by atoms with Gasteiger partial charge in [0.05, 0.1) is 23.4 Å². The molecule has 3 N–H and O–H groups in total. The Morgan fingerprint density at radius 3 is 2.30 bits per heavy atom. The number of carbonyl (C=O) groups excluding carboxylic acids is 1. The van der Waals surface area contributed by atoms with Crippen LogP contribution >= 0.6 is 11.6 Å². The smallest absolute Gasteiger partial charge is 0.490 e. The Balaban J connectivity index is 0.000000821. The van der Waals surface area contributed by atoms with Crippen molar-refractivity contribution in [3.05, 3.63) is 86.8 Å². The largest absolute Gasteiger partial charge is 0.618 e. The van der Waals surface area contributed by atoms with Crippen molar-refractivity contribution in [2.75, 3.05) is 17.6 Å². The fourth-order valence-electron chi connectivity index (χ4n) is 3.24. The van der Waals surface area contributed by atoms with E-state index in [1.807, 2.05) is 0 Å². The van der Waals surface area contributed by atoms with Gasteiger partial charge in [-0.3, -0.25) is 14.2 Å². The number of sulfone groups is 1. The zero-order valence-electron chi connectivity index (χ0n) is 21.9. The van der Waals surface area contributed by atoms with E-state index in [9.17, 15) is 45.2 Å². The highest BCUT2D eigenvalue weighted by Gasteiger charge is 2.39. The molecule has 0 radical (unpaired) electrons. The second kappa shape index (κ2) is 14.2. The summed E-state index contributed by atoms with van der Waals surface area (Å²) in [6, 6.07) is 9.70. The maximum absolute atomic E-state index is 14.5. The van der Waals surface area contributed by atoms with E-state index in [1.54, 1.807) is 18.2 Å². The van der Waals surface area contributed by atoms with Crippen molar-refractivity contribution >= 4 is 39.1 Å². The van der Waals surface area contributed by atoms with E-state index < -0.39 is 64.0 Å². The van der Waals surface area contributed by atoms with Gasteiger partial charge in [-0.25, -0.2) is 18.2 Å². The maximum Gasteiger partial charge on any atom is 0.490 e. The Morgan fingerprint density at radius 2 is 1.72 bits per heavy atom. The van der Waals surface area contributed by atoms with Crippen molar-refractivity contribution in [1.29, 1.82) is 0 Å². The van der Waals surface area contributed by atoms with Gasteiger partial charge in [0, 0.05) is 18.7 Å². The van der Waals surface area contributed by atoms with Gasteiger partial charge in [0.1, 0.15) is 11.7 Å². The molecule has 19 heteroatoms. The first kappa shape index (κ1) is 34.9. The maximum atomic E-state index is 14.5. The van der Waals surface area contributed by atoms with Crippen molar-refractivity contribution in [2.24, 2.45) is 0 Å². The second-order valence-electron chi connectivity index (χ2n) is 8.38. The van der Waals surface area contributed by atoms with Crippen LogP contribution in [0.5, 0.6) is 0 Å². The number of halogens is 6. The van der Waals surface area contributed by atoms with Crippen LogP contribution in [0.15, 0.2) is 64.5 Å². The highest BCUT2D eigenvalue weighted by Crippen LogP contribution is 2.25. The van der Waals surface area contributed by atoms with Crippen LogP contribution in [0, 0.1) is 5.21 Å². The van der Waals surface area contributed by atoms with Crippen LogP contribution in [0.4, 0.5) is 27.8 Å². The topological polar surface area (TPSA) is 174 Å². The lowest BCUT2D eigenvalue weighted by atomic mass is 10.2. The summed E-state index contributed by atoms with van der Waals surface area (Å²) in [5, 5.41) is 23.3. The molecular weight excluding hydrogens is 633 g/mol. The highest BCUT2D eigenvalue weighted by molar-refractivity contribution is 7.91. The molecule has 43 heavy (non-hydrogen) atoms. The van der Waals surface area contributed by atoms with Gasteiger partial charge in [-0.2, -0.15) is 26.7 Å². The Kier molecular flexibility index (Phi) is 11.5. The third-order valence-electron chi connectivity index (χ3n) is 5.39. The third-order valence-corrected chi connectivity index (χ3v) is 7.52. The summed E-state index contributed by atoms with van der Waals surface area (Å²) < 4.78 is 86.0. The number of aromatic nitrogens is 3. The van der Waals surface area contributed by atoms with Gasteiger partial charge in [0.15, 0.2) is 21.9 Å². The summed E-state index contributed by atoms with van der Waals surface area (Å²) in [5.74, 6) is -7.69. The minimum atomic E-state index is -5.08. The molecule has 234 valence electrons. The number of alkyl halides is 5. The average molecular weight is 656 g/mol. The lowest BCUT2D eigenvalue weighted by Gasteiger charge is -2.17. The Morgan fingerprint density at radius 1 is 1.12 bits per heavy atom. The van der Waals surface area contributed by atoms with E-state index in [-0.39, 0.29) is 27.1 Å². The molecule has 1 aromatic carbocycles. The molecule has 3 rings (SSSR count). The minimum absolute atomic E-state index is 0.0174. The number of nitrogens with zero attached hydrogens (tertiary/aromatic N) is 3. The van der Waals surface area contributed by atoms with E-state index >= 15 is 0 Å². The second-order valence-corrected chi connectivity index (χ2v) is 11.0. The quantitative estimate of drug-likeness (QED) is 0.168. The molecule has 0 saturated heterocycles. The molecular formula is C24H23ClF5N5O7S. The third kappa shape index (κ3) is 9.60. The number of pyridine rings is 1. The Hall–Kier alpha value is -4.32. The number of amides is 1. The first-order valence-electron chi connectivity index (χ1n) is 11.8. The SMILES string of the molecule is CCS(=O)(=O)c1ccccc1CNC(=O)Cn1c(Cl)cnc(NCC(F)(F)c2cccc[n+]2[O-])c1=O.O=C(O)C(F)(F)F. The van der Waals surface area contributed by atoms with Gasteiger partial charge in [0.25, 0.3) is 11.3 Å². The number of aliphatic carboxylic acids is 1. The zero-order valence-corrected chi connectivity index (χ0v) is 23.5. The van der Waals surface area contributed by atoms with Gasteiger partial charge >= 0.3 is 18.1 Å². The Bertz CT molecular complexity index is 1640. The van der Waals surface area contributed by atoms with Gasteiger partial charge < -0.3 is 20.9 Å². The lowest BCUT2D eigenvalue weighted by molar-refractivity contribution is -0.624. The average Bonchev–Trinajstić information content (AvgIpc) is 2.93. The van der Waals surface area contributed by atoms with E-state index in [4.69, 9.17) is 21.5 Å². The number of anilines is 1. The molecule has 2 heterocycles. The molecule has 0 bridgehead atoms. The van der Waals surface area contributed by atoms with E-state index in [1.165, 1.54) is 25.1 Å². The standard InChI is InChI=1S/C22H22ClF2N5O5S.C2HF3O2/c1-2-36(34,35)16-8-4-3-7-15(16)11-26-19(31)13-29-18(23)12-27-20(21(29)32)28-14-22(24,25)17-9-5-6-10-30(17)33;3-2(4,5)1(6)7/h3-10,12H,2,11,13-14H2,1H3,(H,26,31)(H,27,28);(H,6,7). The summed E-state index contributed by atoms with van der Waals surface area (Å²) in [6.07, 6.45) is -3.15. The molecule has 2 aromatic heterocycles. The molecule has 12 nitrogen and oxygen atoms in total. The number of benzene rings is 1. The van der Waals surface area contributed by atoms with Crippen molar-refractivity contribution in [3.8, 4) is 0 Å². The van der Waals surface area contributed by atoms with Gasteiger partial charge in [0.2, 0.25) is 5.91 Å². The molecule has 0 atom stereocenters. The first-order chi connectivity index (χ1) is 19.9. The summed E-state index contributed by atoms with van der Waals surface area (Å²) in [6.45, 7) is -0.317. The highest BCUT2D eigenvalue weighted by atomic mass is 35.5. The van der Waals surface area contributed by atoms with Crippen molar-refractivity contribution in [2.45, 2.75) is 37.0 Å². The lowest BCUT2D eigenvalue weighted by Crippen LogP contribution is -2.41. The Labute approximate surface area is 245 Å². The number of carboxylic acid groups (broad SMARTS) is 1. The van der Waals surface area contributed by atoms with Crippen LogP contribution in [-0.4, -0.2) is 53.4 Å². The van der Waals surface area contributed by atoms with Crippen LogP contribution in [0.3, 0.4) is 0 Å². The van der Waals surface area contributed by atoms with E-state index in [0.717, 1.165) is 23.0 Å². The molecule has 0 aliphatic heterocycles. The minimum Gasteiger partial charge on any atom is -0.618 e. The summed E-state index contributed by atoms with van der Waals surface area (Å²) in [5.41, 5.74) is -1.40. The number of hydrogen-bond donors (Lipinski definition) is 3. The molecule has 0 aliphatic carbocycles. The van der Waals surface area contributed by atoms with Crippen molar-refractivity contribution in [1.82, 2.24) is 14.9 Å². The fourth-order valence-corrected chi connectivity index (χ4v) is 4.56. The van der Waals surface area contributed by atoms with Gasteiger partial charge in [-0.15, -0.1) is 0 Å². The van der Waals surface area contributed by atoms with E-state index in [2.05, 4.69) is 15.6 Å². The molecule has 3 aromatic rings.